The molecular formula is C23H20N6O3. The molecule has 0 aliphatic heterocycles. The highest BCUT2D eigenvalue weighted by atomic mass is 16.2. The van der Waals surface area contributed by atoms with Gasteiger partial charge in [-0.1, -0.05) is 55.5 Å². The molecule has 9 nitrogen and oxygen atoms in total. The number of amides is 2. The Hall–Kier alpha value is -4.40. The summed E-state index contributed by atoms with van der Waals surface area (Å²) in [7, 11) is 0. The minimum absolute atomic E-state index is 0.0459. The summed E-state index contributed by atoms with van der Waals surface area (Å²) < 4.78 is 1.26. The molecule has 32 heavy (non-hydrogen) atoms. The number of aryl methyl sites for hydroxylation is 1. The first-order valence-electron chi connectivity index (χ1n) is 10.1. The smallest absolute Gasteiger partial charge is 0.267 e. The zero-order valence-corrected chi connectivity index (χ0v) is 17.3. The third kappa shape index (κ3) is 4.22. The van der Waals surface area contributed by atoms with Gasteiger partial charge >= 0.3 is 0 Å². The van der Waals surface area contributed by atoms with Gasteiger partial charge < -0.3 is 0 Å². The van der Waals surface area contributed by atoms with E-state index >= 15 is 0 Å². The summed E-state index contributed by atoms with van der Waals surface area (Å²) in [6.45, 7) is 2.29. The quantitative estimate of drug-likeness (QED) is 0.471. The summed E-state index contributed by atoms with van der Waals surface area (Å²) in [5, 5.41) is 5.00. The van der Waals surface area contributed by atoms with Gasteiger partial charge in [0.05, 0.1) is 10.9 Å². The molecule has 160 valence electrons. The Kier molecular flexibility index (Phi) is 5.98. The third-order valence-corrected chi connectivity index (χ3v) is 4.75. The predicted octanol–water partition coefficient (Wildman–Crippen LogP) is 2.34. The summed E-state index contributed by atoms with van der Waals surface area (Å²) in [6.07, 6.45) is 3.44. The standard InChI is InChI=1S/C23H20N6O3/c1-2-12-29-23(32)18-11-7-6-10-17(18)19(28-29)22(31)27-26-21(30)16-13-24-20(25-14-16)15-8-4-3-5-9-15/h3-11,13-14H,2,12H2,1H3,(H,26,30)(H,27,31). The fourth-order valence-electron chi connectivity index (χ4n) is 3.19. The second-order valence-electron chi connectivity index (χ2n) is 6.99. The van der Waals surface area contributed by atoms with Gasteiger partial charge in [-0.2, -0.15) is 5.10 Å². The number of nitrogens with zero attached hydrogens (tertiary/aromatic N) is 4. The number of carbonyl (C=O) groups excluding carboxylic acids is 2. The van der Waals surface area contributed by atoms with Crippen LogP contribution >= 0.6 is 0 Å². The lowest BCUT2D eigenvalue weighted by atomic mass is 10.1. The van der Waals surface area contributed by atoms with Crippen molar-refractivity contribution < 1.29 is 9.59 Å². The van der Waals surface area contributed by atoms with Gasteiger partial charge in [0.25, 0.3) is 17.4 Å². The second kappa shape index (κ2) is 9.17. The average Bonchev–Trinajstić information content (AvgIpc) is 2.85. The van der Waals surface area contributed by atoms with Crippen molar-refractivity contribution in [3.8, 4) is 11.4 Å². The lowest BCUT2D eigenvalue weighted by Gasteiger charge is -2.11. The van der Waals surface area contributed by atoms with Crippen molar-refractivity contribution in [2.24, 2.45) is 0 Å². The number of benzene rings is 2. The van der Waals surface area contributed by atoms with E-state index in [2.05, 4.69) is 25.9 Å². The first-order chi connectivity index (χ1) is 15.6. The molecule has 0 saturated carbocycles. The summed E-state index contributed by atoms with van der Waals surface area (Å²) >= 11 is 0. The van der Waals surface area contributed by atoms with Crippen LogP contribution in [0.2, 0.25) is 0 Å². The maximum Gasteiger partial charge on any atom is 0.290 e. The Balaban J connectivity index is 1.51. The maximum absolute atomic E-state index is 12.8. The minimum atomic E-state index is -0.638. The number of rotatable bonds is 5. The number of carbonyl (C=O) groups is 2. The van der Waals surface area contributed by atoms with Crippen LogP contribution in [0.25, 0.3) is 22.2 Å². The van der Waals surface area contributed by atoms with E-state index in [0.717, 1.165) is 5.56 Å². The fourth-order valence-corrected chi connectivity index (χ4v) is 3.19. The van der Waals surface area contributed by atoms with Gasteiger partial charge in [0.2, 0.25) is 0 Å². The molecule has 0 atom stereocenters. The van der Waals surface area contributed by atoms with E-state index in [-0.39, 0.29) is 16.8 Å². The van der Waals surface area contributed by atoms with Gasteiger partial charge in [0.1, 0.15) is 0 Å². The van der Waals surface area contributed by atoms with E-state index < -0.39 is 11.8 Å². The van der Waals surface area contributed by atoms with E-state index in [9.17, 15) is 14.4 Å². The minimum Gasteiger partial charge on any atom is -0.267 e. The van der Waals surface area contributed by atoms with Crippen LogP contribution < -0.4 is 16.4 Å². The van der Waals surface area contributed by atoms with Gasteiger partial charge in [0, 0.05) is 29.9 Å². The van der Waals surface area contributed by atoms with Crippen LogP contribution in [0.4, 0.5) is 0 Å². The summed E-state index contributed by atoms with van der Waals surface area (Å²) in [5.74, 6) is -0.731. The van der Waals surface area contributed by atoms with Crippen LogP contribution in [0.5, 0.6) is 0 Å². The van der Waals surface area contributed by atoms with Crippen molar-refractivity contribution in [3.05, 3.63) is 88.6 Å². The van der Waals surface area contributed by atoms with E-state index in [1.54, 1.807) is 24.3 Å². The number of hydrazine groups is 1. The molecule has 2 amide bonds. The van der Waals surface area contributed by atoms with E-state index in [1.165, 1.54) is 17.1 Å². The van der Waals surface area contributed by atoms with E-state index in [0.29, 0.717) is 29.6 Å². The normalized spacial score (nSPS) is 10.7. The van der Waals surface area contributed by atoms with Crippen molar-refractivity contribution in [1.29, 1.82) is 0 Å². The van der Waals surface area contributed by atoms with Crippen LogP contribution in [-0.4, -0.2) is 31.6 Å². The van der Waals surface area contributed by atoms with Crippen LogP contribution in [0, 0.1) is 0 Å². The molecule has 0 aliphatic rings. The summed E-state index contributed by atoms with van der Waals surface area (Å²) in [5.41, 5.74) is 5.48. The highest BCUT2D eigenvalue weighted by Crippen LogP contribution is 2.14. The molecular weight excluding hydrogens is 408 g/mol. The molecule has 4 aromatic rings. The number of nitrogens with one attached hydrogen (secondary N) is 2. The topological polar surface area (TPSA) is 119 Å². The number of hydrogen-bond donors (Lipinski definition) is 2. The summed E-state index contributed by atoms with van der Waals surface area (Å²) in [6, 6.07) is 16.1. The zero-order valence-electron chi connectivity index (χ0n) is 17.3. The van der Waals surface area contributed by atoms with Crippen molar-refractivity contribution in [2.75, 3.05) is 0 Å². The van der Waals surface area contributed by atoms with Crippen molar-refractivity contribution in [3.63, 3.8) is 0 Å². The highest BCUT2D eigenvalue weighted by molar-refractivity contribution is 6.05. The van der Waals surface area contributed by atoms with Crippen LogP contribution in [0.1, 0.15) is 34.2 Å². The monoisotopic (exact) mass is 428 g/mol. The molecule has 0 saturated heterocycles. The molecule has 0 bridgehead atoms. The fraction of sp³-hybridized carbons (Fsp3) is 0.130. The van der Waals surface area contributed by atoms with Crippen LogP contribution in [0.15, 0.2) is 71.8 Å². The molecule has 4 rings (SSSR count). The first kappa shape index (κ1) is 20.9. The van der Waals surface area contributed by atoms with Crippen molar-refractivity contribution >= 4 is 22.6 Å². The Labute approximate surface area is 183 Å². The third-order valence-electron chi connectivity index (χ3n) is 4.75. The first-order valence-corrected chi connectivity index (χ1v) is 10.1. The molecule has 0 radical (unpaired) electrons. The Morgan fingerprint density at radius 3 is 2.19 bits per heavy atom. The molecule has 2 heterocycles. The van der Waals surface area contributed by atoms with Gasteiger partial charge in [-0.3, -0.25) is 25.2 Å². The Bertz CT molecular complexity index is 1330. The predicted molar refractivity (Wildman–Crippen MR) is 119 cm³/mol. The Morgan fingerprint density at radius 1 is 0.875 bits per heavy atom. The van der Waals surface area contributed by atoms with Gasteiger partial charge in [0.15, 0.2) is 11.5 Å². The molecule has 0 unspecified atom stereocenters. The summed E-state index contributed by atoms with van der Waals surface area (Å²) in [4.78, 5) is 46.2. The van der Waals surface area contributed by atoms with Gasteiger partial charge in [-0.15, -0.1) is 0 Å². The SMILES string of the molecule is CCCn1nc(C(=O)NNC(=O)c2cnc(-c3ccccc3)nc2)c2ccccc2c1=O. The largest absolute Gasteiger partial charge is 0.290 e. The average molecular weight is 428 g/mol. The van der Waals surface area contributed by atoms with Crippen molar-refractivity contribution in [2.45, 2.75) is 19.9 Å². The second-order valence-corrected chi connectivity index (χ2v) is 6.99. The van der Waals surface area contributed by atoms with E-state index in [4.69, 9.17) is 0 Å². The van der Waals surface area contributed by atoms with Gasteiger partial charge in [-0.25, -0.2) is 14.6 Å². The molecule has 0 fully saturated rings. The molecule has 0 aliphatic carbocycles. The molecule has 9 heteroatoms. The Morgan fingerprint density at radius 2 is 1.50 bits per heavy atom. The van der Waals surface area contributed by atoms with Crippen molar-refractivity contribution in [1.82, 2.24) is 30.6 Å². The molecule has 2 aromatic carbocycles. The van der Waals surface area contributed by atoms with E-state index in [1.807, 2.05) is 37.3 Å². The lowest BCUT2D eigenvalue weighted by molar-refractivity contribution is 0.0843. The molecule has 2 aromatic heterocycles. The van der Waals surface area contributed by atoms with Gasteiger partial charge in [-0.05, 0) is 12.5 Å². The number of aromatic nitrogens is 4. The maximum atomic E-state index is 12.8. The molecule has 2 N–H and O–H groups in total. The highest BCUT2D eigenvalue weighted by Gasteiger charge is 2.17. The number of hydrogen-bond acceptors (Lipinski definition) is 6. The number of fused-ring (bicyclic) bond motifs is 1. The van der Waals surface area contributed by atoms with Crippen LogP contribution in [-0.2, 0) is 6.54 Å². The van der Waals surface area contributed by atoms with Crippen LogP contribution in [0.3, 0.4) is 0 Å². The lowest BCUT2D eigenvalue weighted by Crippen LogP contribution is -2.43. The molecule has 0 spiro atoms. The zero-order chi connectivity index (χ0) is 22.5.